The molecule has 2 rings (SSSR count). The van der Waals surface area contributed by atoms with Gasteiger partial charge in [-0.2, -0.15) is 11.8 Å². The minimum absolute atomic E-state index is 0.0702. The molecule has 1 aliphatic rings. The molecule has 1 saturated heterocycles. The summed E-state index contributed by atoms with van der Waals surface area (Å²) in [5.41, 5.74) is -0.0337. The normalized spacial score (nSPS) is 21.7. The molecule has 0 bridgehead atoms. The Morgan fingerprint density at radius 2 is 2.09 bits per heavy atom. The Balaban J connectivity index is 2.02. The lowest BCUT2D eigenvalue weighted by Crippen LogP contribution is -2.54. The summed E-state index contributed by atoms with van der Waals surface area (Å²) in [6.45, 7) is 2.03. The van der Waals surface area contributed by atoms with E-state index >= 15 is 0 Å². The Labute approximate surface area is 140 Å². The number of carboxylic acid groups (broad SMARTS) is 1. The second kappa shape index (κ2) is 7.73. The number of benzene rings is 1. The van der Waals surface area contributed by atoms with E-state index in [-0.39, 0.29) is 11.8 Å². The minimum Gasteiger partial charge on any atom is -0.497 e. The van der Waals surface area contributed by atoms with Crippen LogP contribution in [-0.2, 0) is 9.59 Å². The predicted molar refractivity (Wildman–Crippen MR) is 91.1 cm³/mol. The Morgan fingerprint density at radius 1 is 1.39 bits per heavy atom. The van der Waals surface area contributed by atoms with E-state index in [1.54, 1.807) is 18.9 Å². The Morgan fingerprint density at radius 3 is 2.57 bits per heavy atom. The molecule has 0 radical (unpaired) electrons. The summed E-state index contributed by atoms with van der Waals surface area (Å²) in [6, 6.07) is 7.67. The summed E-state index contributed by atoms with van der Waals surface area (Å²) in [5, 5.41) is 12.2. The van der Waals surface area contributed by atoms with Gasteiger partial charge in [0, 0.05) is 12.2 Å². The van der Waals surface area contributed by atoms with E-state index in [0.29, 0.717) is 18.6 Å². The highest BCUT2D eigenvalue weighted by Crippen LogP contribution is 2.30. The molecule has 1 amide bonds. The van der Waals surface area contributed by atoms with Gasteiger partial charge in [-0.3, -0.25) is 4.79 Å². The molecule has 0 spiro atoms. The Hall–Kier alpha value is -1.69. The standard InChI is InChI=1S/C17H23NO4S/c1-3-12(13-4-6-14(22-2)7-5-13)10-15(19)18-17(16(20)21)8-9-23-11-17/h4-7,12H,3,8-11H2,1-2H3,(H,18,19)(H,20,21). The van der Waals surface area contributed by atoms with Crippen molar-refractivity contribution in [2.75, 3.05) is 18.6 Å². The first-order valence-corrected chi connectivity index (χ1v) is 8.92. The molecule has 1 aromatic rings. The number of carbonyl (C=O) groups is 2. The molecule has 126 valence electrons. The Kier molecular flexibility index (Phi) is 5.93. The molecule has 1 aromatic carbocycles. The van der Waals surface area contributed by atoms with E-state index in [9.17, 15) is 14.7 Å². The lowest BCUT2D eigenvalue weighted by molar-refractivity contribution is -0.146. The van der Waals surface area contributed by atoms with Crippen molar-refractivity contribution in [1.29, 1.82) is 0 Å². The molecule has 5 nitrogen and oxygen atoms in total. The van der Waals surface area contributed by atoms with Crippen LogP contribution < -0.4 is 10.1 Å². The summed E-state index contributed by atoms with van der Waals surface area (Å²) >= 11 is 1.57. The van der Waals surface area contributed by atoms with Crippen LogP contribution >= 0.6 is 11.8 Å². The Bertz CT molecular complexity index is 552. The van der Waals surface area contributed by atoms with E-state index in [2.05, 4.69) is 5.32 Å². The lowest BCUT2D eigenvalue weighted by atomic mass is 9.91. The first kappa shape index (κ1) is 17.7. The number of carboxylic acids is 1. The molecule has 23 heavy (non-hydrogen) atoms. The van der Waals surface area contributed by atoms with Gasteiger partial charge in [-0.05, 0) is 42.2 Å². The summed E-state index contributed by atoms with van der Waals surface area (Å²) in [4.78, 5) is 23.9. The molecule has 1 heterocycles. The van der Waals surface area contributed by atoms with E-state index in [4.69, 9.17) is 4.74 Å². The van der Waals surface area contributed by atoms with E-state index < -0.39 is 11.5 Å². The van der Waals surface area contributed by atoms with Gasteiger partial charge in [0.15, 0.2) is 0 Å². The van der Waals surface area contributed by atoms with Crippen molar-refractivity contribution < 1.29 is 19.4 Å². The third-order valence-corrected chi connectivity index (χ3v) is 5.51. The van der Waals surface area contributed by atoms with Crippen LogP contribution in [0, 0.1) is 0 Å². The fraction of sp³-hybridized carbons (Fsp3) is 0.529. The fourth-order valence-corrected chi connectivity index (χ4v) is 4.13. The second-order valence-corrected chi connectivity index (χ2v) is 6.93. The quantitative estimate of drug-likeness (QED) is 0.800. The monoisotopic (exact) mass is 337 g/mol. The SMILES string of the molecule is CCC(CC(=O)NC1(C(=O)O)CCSC1)c1ccc(OC)cc1. The predicted octanol–water partition coefficient (Wildman–Crippen LogP) is 2.66. The summed E-state index contributed by atoms with van der Waals surface area (Å²) in [7, 11) is 1.62. The van der Waals surface area contributed by atoms with Crippen LogP contribution in [-0.4, -0.2) is 41.1 Å². The minimum atomic E-state index is -1.10. The average Bonchev–Trinajstić information content (AvgIpc) is 3.02. The van der Waals surface area contributed by atoms with Gasteiger partial charge in [0.2, 0.25) is 5.91 Å². The van der Waals surface area contributed by atoms with E-state index in [0.717, 1.165) is 23.5 Å². The van der Waals surface area contributed by atoms with Crippen molar-refractivity contribution in [3.63, 3.8) is 0 Å². The molecule has 1 aliphatic heterocycles. The van der Waals surface area contributed by atoms with Crippen LogP contribution in [0.3, 0.4) is 0 Å². The maximum absolute atomic E-state index is 12.4. The molecular weight excluding hydrogens is 314 g/mol. The number of methoxy groups -OCH3 is 1. The molecule has 0 aliphatic carbocycles. The van der Waals surface area contributed by atoms with Gasteiger partial charge in [0.25, 0.3) is 0 Å². The van der Waals surface area contributed by atoms with Gasteiger partial charge in [0.1, 0.15) is 11.3 Å². The largest absolute Gasteiger partial charge is 0.497 e. The zero-order chi connectivity index (χ0) is 16.9. The van der Waals surface area contributed by atoms with Crippen molar-refractivity contribution in [2.24, 2.45) is 0 Å². The van der Waals surface area contributed by atoms with Crippen molar-refractivity contribution in [3.05, 3.63) is 29.8 Å². The van der Waals surface area contributed by atoms with Crippen LogP contribution in [0.4, 0.5) is 0 Å². The van der Waals surface area contributed by atoms with Gasteiger partial charge in [-0.1, -0.05) is 19.1 Å². The molecule has 6 heteroatoms. The van der Waals surface area contributed by atoms with Gasteiger partial charge < -0.3 is 15.2 Å². The number of rotatable bonds is 7. The fourth-order valence-electron chi connectivity index (χ4n) is 2.80. The van der Waals surface area contributed by atoms with Crippen molar-refractivity contribution in [2.45, 2.75) is 37.6 Å². The lowest BCUT2D eigenvalue weighted by Gasteiger charge is -2.26. The number of hydrogen-bond acceptors (Lipinski definition) is 4. The molecule has 1 fully saturated rings. The number of carbonyl (C=O) groups excluding carboxylic acids is 1. The molecular formula is C17H23NO4S. The zero-order valence-corrected chi connectivity index (χ0v) is 14.3. The highest BCUT2D eigenvalue weighted by molar-refractivity contribution is 7.99. The van der Waals surface area contributed by atoms with Crippen LogP contribution in [0.15, 0.2) is 24.3 Å². The van der Waals surface area contributed by atoms with E-state index in [1.807, 2.05) is 31.2 Å². The van der Waals surface area contributed by atoms with Gasteiger partial charge in [-0.15, -0.1) is 0 Å². The number of thioether (sulfide) groups is 1. The van der Waals surface area contributed by atoms with Gasteiger partial charge >= 0.3 is 5.97 Å². The number of nitrogens with one attached hydrogen (secondary N) is 1. The highest BCUT2D eigenvalue weighted by atomic mass is 32.2. The summed E-state index contributed by atoms with van der Waals surface area (Å²) in [5.74, 6) is 0.919. The van der Waals surface area contributed by atoms with Crippen molar-refractivity contribution >= 4 is 23.6 Å². The van der Waals surface area contributed by atoms with Crippen molar-refractivity contribution in [1.82, 2.24) is 5.32 Å². The summed E-state index contributed by atoms with van der Waals surface area (Å²) in [6.07, 6.45) is 1.59. The average molecular weight is 337 g/mol. The van der Waals surface area contributed by atoms with Crippen LogP contribution in [0.5, 0.6) is 5.75 Å². The number of amides is 1. The zero-order valence-electron chi connectivity index (χ0n) is 13.5. The number of aliphatic carboxylic acids is 1. The third kappa shape index (κ3) is 4.19. The van der Waals surface area contributed by atoms with E-state index in [1.165, 1.54) is 0 Å². The van der Waals surface area contributed by atoms with Crippen LogP contribution in [0.25, 0.3) is 0 Å². The maximum Gasteiger partial charge on any atom is 0.330 e. The van der Waals surface area contributed by atoms with Crippen LogP contribution in [0.2, 0.25) is 0 Å². The number of ether oxygens (including phenoxy) is 1. The topological polar surface area (TPSA) is 75.6 Å². The van der Waals surface area contributed by atoms with Crippen molar-refractivity contribution in [3.8, 4) is 5.75 Å². The molecule has 2 atom stereocenters. The van der Waals surface area contributed by atoms with Gasteiger partial charge in [-0.25, -0.2) is 4.79 Å². The maximum atomic E-state index is 12.4. The molecule has 2 unspecified atom stereocenters. The first-order chi connectivity index (χ1) is 11.0. The van der Waals surface area contributed by atoms with Gasteiger partial charge in [0.05, 0.1) is 7.11 Å². The number of hydrogen-bond donors (Lipinski definition) is 2. The third-order valence-electron chi connectivity index (χ3n) is 4.32. The first-order valence-electron chi connectivity index (χ1n) is 7.77. The smallest absolute Gasteiger partial charge is 0.330 e. The molecule has 0 saturated carbocycles. The second-order valence-electron chi connectivity index (χ2n) is 5.82. The van der Waals surface area contributed by atoms with Crippen LogP contribution in [0.1, 0.15) is 37.7 Å². The summed E-state index contributed by atoms with van der Waals surface area (Å²) < 4.78 is 5.15. The molecule has 2 N–H and O–H groups in total. The molecule has 0 aromatic heterocycles. The highest BCUT2D eigenvalue weighted by Gasteiger charge is 2.43.